The molecule has 45 heavy (non-hydrogen) atoms. The molecule has 0 aliphatic carbocycles. The van der Waals surface area contributed by atoms with Gasteiger partial charge in [-0.15, -0.1) is 0 Å². The fourth-order valence-corrected chi connectivity index (χ4v) is 9.06. The zero-order valence-corrected chi connectivity index (χ0v) is 26.3. The number of fused-ring (bicyclic) bond motifs is 3. The third-order valence-corrected chi connectivity index (χ3v) is 12.1. The molecule has 0 N–H and O–H groups in total. The fraction of sp³-hybridized carbons (Fsp3) is 0.206. The van der Waals surface area contributed by atoms with E-state index in [1.807, 2.05) is 32.0 Å². The molecule has 0 spiro atoms. The van der Waals surface area contributed by atoms with Crippen LogP contribution < -0.4 is 0 Å². The van der Waals surface area contributed by atoms with Crippen LogP contribution in [0, 0.1) is 19.7 Å². The molecule has 1 fully saturated rings. The summed E-state index contributed by atoms with van der Waals surface area (Å²) in [5.41, 5.74) is 5.16. The molecule has 7 rings (SSSR count). The van der Waals surface area contributed by atoms with Gasteiger partial charge in [0.2, 0.25) is 10.0 Å². The molecule has 8 nitrogen and oxygen atoms in total. The number of hydrogen-bond acceptors (Lipinski definition) is 6. The zero-order chi connectivity index (χ0) is 31.5. The highest BCUT2D eigenvalue weighted by Crippen LogP contribution is 2.48. The topological polar surface area (TPSA) is 92.6 Å². The van der Waals surface area contributed by atoms with Crippen molar-refractivity contribution >= 4 is 20.0 Å². The average molecular weight is 643 g/mol. The summed E-state index contributed by atoms with van der Waals surface area (Å²) in [4.78, 5) is 2.31. The molecule has 0 unspecified atom stereocenters. The molecule has 1 saturated heterocycles. The fourth-order valence-electron chi connectivity index (χ4n) is 6.34. The second-order valence-corrected chi connectivity index (χ2v) is 15.3. The van der Waals surface area contributed by atoms with E-state index in [1.54, 1.807) is 36.4 Å². The first-order chi connectivity index (χ1) is 21.5. The first-order valence-corrected chi connectivity index (χ1v) is 17.5. The van der Waals surface area contributed by atoms with Gasteiger partial charge in [0.05, 0.1) is 21.5 Å². The highest BCUT2D eigenvalue weighted by atomic mass is 32.2. The third-order valence-electron chi connectivity index (χ3n) is 8.70. The first kappa shape index (κ1) is 29.5. The molecule has 0 bridgehead atoms. The second-order valence-electron chi connectivity index (χ2n) is 11.6. The van der Waals surface area contributed by atoms with Crippen LogP contribution in [0.5, 0.6) is 0 Å². The lowest BCUT2D eigenvalue weighted by atomic mass is 9.93. The normalized spacial score (nSPS) is 18.9. The van der Waals surface area contributed by atoms with Gasteiger partial charge < -0.3 is 0 Å². The number of aromatic nitrogens is 2. The van der Waals surface area contributed by atoms with Crippen molar-refractivity contribution in [3.63, 3.8) is 0 Å². The Kier molecular flexibility index (Phi) is 7.24. The van der Waals surface area contributed by atoms with Gasteiger partial charge in [-0.3, -0.25) is 4.90 Å². The van der Waals surface area contributed by atoms with Gasteiger partial charge in [-0.2, -0.15) is 21.9 Å². The van der Waals surface area contributed by atoms with Crippen molar-refractivity contribution in [2.75, 3.05) is 13.1 Å². The van der Waals surface area contributed by atoms with Crippen LogP contribution in [-0.4, -0.2) is 48.3 Å². The van der Waals surface area contributed by atoms with Crippen molar-refractivity contribution in [2.24, 2.45) is 0 Å². The zero-order valence-electron chi connectivity index (χ0n) is 24.7. The van der Waals surface area contributed by atoms with Gasteiger partial charge in [-0.25, -0.2) is 12.8 Å². The monoisotopic (exact) mass is 642 g/mol. The Balaban J connectivity index is 1.44. The highest BCUT2D eigenvalue weighted by Gasteiger charge is 2.50. The molecule has 3 heterocycles. The van der Waals surface area contributed by atoms with E-state index in [1.165, 1.54) is 46.9 Å². The SMILES string of the molecule is Cc1ccc(S(=O)(=O)N2C[C@@H]3c4ccccc4CCN3[C@@H]2c2cn(S(=O)(=O)c3ccc(C)cc3)nc2-c2ccc(F)cc2)cc1. The lowest BCUT2D eigenvalue weighted by Gasteiger charge is -2.35. The number of aryl methyl sites for hydroxylation is 2. The van der Waals surface area contributed by atoms with Gasteiger partial charge >= 0.3 is 0 Å². The number of hydrogen-bond donors (Lipinski definition) is 0. The summed E-state index contributed by atoms with van der Waals surface area (Å²) < 4.78 is 73.0. The lowest BCUT2D eigenvalue weighted by Crippen LogP contribution is -2.37. The summed E-state index contributed by atoms with van der Waals surface area (Å²) in [7, 11) is -8.20. The molecule has 0 radical (unpaired) electrons. The predicted molar refractivity (Wildman–Crippen MR) is 169 cm³/mol. The van der Waals surface area contributed by atoms with E-state index >= 15 is 0 Å². The van der Waals surface area contributed by atoms with Crippen LogP contribution in [0.25, 0.3) is 11.3 Å². The molecular weight excluding hydrogens is 612 g/mol. The van der Waals surface area contributed by atoms with Crippen LogP contribution in [0.1, 0.15) is 40.0 Å². The van der Waals surface area contributed by atoms with Crippen molar-refractivity contribution in [2.45, 2.75) is 42.3 Å². The second kappa shape index (κ2) is 11.0. The van der Waals surface area contributed by atoms with E-state index < -0.39 is 32.0 Å². The maximum absolute atomic E-state index is 14.4. The molecule has 2 aliphatic heterocycles. The van der Waals surface area contributed by atoms with Crippen molar-refractivity contribution in [3.8, 4) is 11.3 Å². The molecule has 2 atom stereocenters. The van der Waals surface area contributed by atoms with Crippen molar-refractivity contribution < 1.29 is 21.2 Å². The summed E-state index contributed by atoms with van der Waals surface area (Å²) >= 11 is 0. The van der Waals surface area contributed by atoms with Gasteiger partial charge in [0.1, 0.15) is 12.0 Å². The standard InChI is InChI=1S/C34H31FN4O4S2/c1-23-7-15-28(16-8-23)44(40,41)38-22-32-30-6-4-3-5-25(30)19-20-37(32)34(38)31-21-39(36-33(31)26-11-13-27(35)14-12-26)45(42,43)29-17-9-24(2)10-18-29/h3-18,21,32,34H,19-20,22H2,1-2H3/t32-,34+/m1/s1. The van der Waals surface area contributed by atoms with Crippen LogP contribution in [0.4, 0.5) is 4.39 Å². The summed E-state index contributed by atoms with van der Waals surface area (Å²) in [6, 6.07) is 26.5. The molecular formula is C34H31FN4O4S2. The Morgan fingerprint density at radius 1 is 0.733 bits per heavy atom. The molecule has 0 amide bonds. The number of halogens is 1. The van der Waals surface area contributed by atoms with Crippen LogP contribution in [0.15, 0.2) is 113 Å². The Hall–Kier alpha value is -4.16. The van der Waals surface area contributed by atoms with Crippen LogP contribution >= 0.6 is 0 Å². The van der Waals surface area contributed by atoms with E-state index in [4.69, 9.17) is 0 Å². The van der Waals surface area contributed by atoms with Crippen LogP contribution in [-0.2, 0) is 26.5 Å². The number of rotatable bonds is 6. The summed E-state index contributed by atoms with van der Waals surface area (Å²) in [6.45, 7) is 4.47. The minimum Gasteiger partial charge on any atom is -0.274 e. The largest absolute Gasteiger partial charge is 0.282 e. The highest BCUT2D eigenvalue weighted by molar-refractivity contribution is 7.90. The Morgan fingerprint density at radius 3 is 1.98 bits per heavy atom. The number of sulfonamides is 1. The maximum Gasteiger partial charge on any atom is 0.282 e. The molecule has 2 aliphatic rings. The van der Waals surface area contributed by atoms with Crippen LogP contribution in [0.2, 0.25) is 0 Å². The predicted octanol–water partition coefficient (Wildman–Crippen LogP) is 5.85. The summed E-state index contributed by atoms with van der Waals surface area (Å²) in [5, 5.41) is 4.57. The van der Waals surface area contributed by atoms with E-state index in [9.17, 15) is 21.2 Å². The van der Waals surface area contributed by atoms with E-state index in [-0.39, 0.29) is 28.1 Å². The summed E-state index contributed by atoms with van der Waals surface area (Å²) in [5.74, 6) is -0.454. The van der Waals surface area contributed by atoms with E-state index in [0.29, 0.717) is 24.1 Å². The van der Waals surface area contributed by atoms with E-state index in [2.05, 4.69) is 16.1 Å². The third kappa shape index (κ3) is 5.09. The maximum atomic E-state index is 14.4. The van der Waals surface area contributed by atoms with Crippen LogP contribution in [0.3, 0.4) is 0 Å². The van der Waals surface area contributed by atoms with Crippen molar-refractivity contribution in [1.29, 1.82) is 0 Å². The van der Waals surface area contributed by atoms with Gasteiger partial charge in [-0.05, 0) is 79.9 Å². The molecule has 11 heteroatoms. The molecule has 4 aromatic carbocycles. The first-order valence-electron chi connectivity index (χ1n) is 14.6. The van der Waals surface area contributed by atoms with Crippen molar-refractivity contribution in [3.05, 3.63) is 137 Å². The summed E-state index contributed by atoms with van der Waals surface area (Å²) in [6.07, 6.45) is 1.24. The Morgan fingerprint density at radius 2 is 1.33 bits per heavy atom. The van der Waals surface area contributed by atoms with Gasteiger partial charge in [0, 0.05) is 30.4 Å². The van der Waals surface area contributed by atoms with Gasteiger partial charge in [0.25, 0.3) is 10.0 Å². The quantitative estimate of drug-likeness (QED) is 0.231. The lowest BCUT2D eigenvalue weighted by molar-refractivity contribution is 0.155. The Labute approximate surface area is 262 Å². The molecule has 5 aromatic rings. The number of nitrogens with zero attached hydrogens (tertiary/aromatic N) is 4. The Bertz CT molecular complexity index is 2110. The smallest absolute Gasteiger partial charge is 0.274 e. The van der Waals surface area contributed by atoms with Gasteiger partial charge in [0.15, 0.2) is 0 Å². The molecule has 1 aromatic heterocycles. The van der Waals surface area contributed by atoms with Gasteiger partial charge in [-0.1, -0.05) is 59.7 Å². The minimum absolute atomic E-state index is 0.0492. The average Bonchev–Trinajstić information content (AvgIpc) is 3.65. The molecule has 230 valence electrons. The van der Waals surface area contributed by atoms with E-state index in [0.717, 1.165) is 26.3 Å². The minimum atomic E-state index is -4.15. The molecule has 0 saturated carbocycles. The number of benzene rings is 4. The van der Waals surface area contributed by atoms with Crippen molar-refractivity contribution in [1.82, 2.24) is 18.4 Å².